The Morgan fingerprint density at radius 1 is 1.00 bits per heavy atom. The first-order chi connectivity index (χ1) is 12.2. The number of rotatable bonds is 5. The Balaban J connectivity index is 1.70. The fourth-order valence-electron chi connectivity index (χ4n) is 2.58. The molecule has 0 spiro atoms. The number of fused-ring (bicyclic) bond motifs is 1. The Morgan fingerprint density at radius 3 is 2.48 bits per heavy atom. The van der Waals surface area contributed by atoms with Gasteiger partial charge in [0.2, 0.25) is 5.91 Å². The van der Waals surface area contributed by atoms with E-state index in [0.717, 1.165) is 16.5 Å². The van der Waals surface area contributed by atoms with E-state index < -0.39 is 5.91 Å². The average molecular weight is 354 g/mol. The lowest BCUT2D eigenvalue weighted by Gasteiger charge is -2.07. The molecule has 0 radical (unpaired) electrons. The zero-order valence-electron chi connectivity index (χ0n) is 13.7. The van der Waals surface area contributed by atoms with Crippen molar-refractivity contribution in [2.45, 2.75) is 12.2 Å². The number of carbonyl (C=O) groups excluding carboxylic acids is 2. The highest BCUT2D eigenvalue weighted by Crippen LogP contribution is 2.28. The molecule has 5 nitrogen and oxygen atoms in total. The second-order valence-corrected chi connectivity index (χ2v) is 6.37. The number of thioether (sulfide) groups is 1. The van der Waals surface area contributed by atoms with Crippen molar-refractivity contribution in [1.82, 2.24) is 10.9 Å². The van der Waals surface area contributed by atoms with Gasteiger partial charge in [-0.15, -0.1) is 0 Å². The van der Waals surface area contributed by atoms with Crippen LogP contribution in [0.5, 0.6) is 0 Å². The Bertz CT molecular complexity index is 890. The number of furan rings is 1. The lowest BCUT2D eigenvalue weighted by atomic mass is 10.1. The number of hydrazine groups is 1. The van der Waals surface area contributed by atoms with Gasteiger partial charge in [0.15, 0.2) is 5.76 Å². The molecule has 0 aliphatic rings. The summed E-state index contributed by atoms with van der Waals surface area (Å²) in [5.41, 5.74) is 7.24. The van der Waals surface area contributed by atoms with Crippen LogP contribution in [0.3, 0.4) is 0 Å². The highest BCUT2D eigenvalue weighted by Gasteiger charge is 2.20. The largest absolute Gasteiger partial charge is 0.451 e. The highest BCUT2D eigenvalue weighted by atomic mass is 32.2. The van der Waals surface area contributed by atoms with E-state index in [9.17, 15) is 9.59 Å². The van der Waals surface area contributed by atoms with Crippen LogP contribution in [-0.2, 0) is 17.0 Å². The maximum absolute atomic E-state index is 12.4. The molecular formula is C19H18N2O3S. The van der Waals surface area contributed by atoms with Crippen LogP contribution < -0.4 is 10.9 Å². The molecule has 3 rings (SSSR count). The number of nitrogens with one attached hydrogen (secondary N) is 2. The third-order valence-electron chi connectivity index (χ3n) is 3.72. The molecule has 0 bridgehead atoms. The van der Waals surface area contributed by atoms with Crippen molar-refractivity contribution in [2.24, 2.45) is 0 Å². The molecule has 6 heteroatoms. The van der Waals surface area contributed by atoms with Crippen molar-refractivity contribution in [3.8, 4) is 0 Å². The van der Waals surface area contributed by atoms with Gasteiger partial charge in [0.25, 0.3) is 0 Å². The van der Waals surface area contributed by atoms with Gasteiger partial charge in [0.1, 0.15) is 5.58 Å². The van der Waals surface area contributed by atoms with Gasteiger partial charge in [-0.25, -0.2) is 0 Å². The molecule has 0 atom stereocenters. The smallest absolute Gasteiger partial charge is 0.305 e. The number of hydrogen-bond donors (Lipinski definition) is 2. The molecule has 0 saturated heterocycles. The van der Waals surface area contributed by atoms with E-state index in [-0.39, 0.29) is 18.1 Å². The van der Waals surface area contributed by atoms with Gasteiger partial charge in [-0.2, -0.15) is 11.8 Å². The van der Waals surface area contributed by atoms with Gasteiger partial charge in [0.05, 0.1) is 6.42 Å². The van der Waals surface area contributed by atoms with Crippen LogP contribution in [0.25, 0.3) is 11.0 Å². The summed E-state index contributed by atoms with van der Waals surface area (Å²) >= 11 is 1.60. The van der Waals surface area contributed by atoms with E-state index in [2.05, 4.69) is 10.9 Å². The fourth-order valence-corrected chi connectivity index (χ4v) is 3.15. The summed E-state index contributed by atoms with van der Waals surface area (Å²) in [6.45, 7) is 0. The number of amides is 2. The van der Waals surface area contributed by atoms with Gasteiger partial charge in [-0.3, -0.25) is 20.4 Å². The maximum Gasteiger partial charge on any atom is 0.305 e. The lowest BCUT2D eigenvalue weighted by Crippen LogP contribution is -2.42. The molecule has 2 N–H and O–H groups in total. The average Bonchev–Trinajstić information content (AvgIpc) is 3.00. The first-order valence-corrected chi connectivity index (χ1v) is 9.21. The molecule has 25 heavy (non-hydrogen) atoms. The summed E-state index contributed by atoms with van der Waals surface area (Å²) in [5.74, 6) is 0.136. The third kappa shape index (κ3) is 4.03. The van der Waals surface area contributed by atoms with Gasteiger partial charge >= 0.3 is 5.91 Å². The molecule has 2 amide bonds. The third-order valence-corrected chi connectivity index (χ3v) is 4.29. The summed E-state index contributed by atoms with van der Waals surface area (Å²) < 4.78 is 5.69. The topological polar surface area (TPSA) is 71.3 Å². The molecule has 1 aromatic heterocycles. The predicted octanol–water partition coefficient (Wildman–Crippen LogP) is 3.30. The number of para-hydroxylation sites is 1. The fraction of sp³-hybridized carbons (Fsp3) is 0.158. The SMILES string of the molecule is CSCc1c(C(=O)NNC(=O)Cc2ccccc2)oc2ccccc12. The molecule has 128 valence electrons. The minimum Gasteiger partial charge on any atom is -0.451 e. The molecule has 0 fully saturated rings. The molecule has 0 aliphatic heterocycles. The zero-order valence-corrected chi connectivity index (χ0v) is 14.6. The monoisotopic (exact) mass is 354 g/mol. The van der Waals surface area contributed by atoms with Crippen LogP contribution in [0.2, 0.25) is 0 Å². The second kappa shape index (κ2) is 7.90. The standard InChI is InChI=1S/C19H18N2O3S/c1-25-12-15-14-9-5-6-10-16(14)24-18(15)19(23)21-20-17(22)11-13-7-3-2-4-8-13/h2-10H,11-12H2,1H3,(H,20,22)(H,21,23). The number of hydrogen-bond acceptors (Lipinski definition) is 4. The van der Waals surface area contributed by atoms with Gasteiger partial charge in [0, 0.05) is 16.7 Å². The number of benzene rings is 2. The quantitative estimate of drug-likeness (QED) is 0.690. The minimum atomic E-state index is -0.457. The second-order valence-electron chi connectivity index (χ2n) is 5.50. The van der Waals surface area contributed by atoms with E-state index in [1.807, 2.05) is 60.9 Å². The normalized spacial score (nSPS) is 10.6. The molecule has 2 aromatic carbocycles. The highest BCUT2D eigenvalue weighted by molar-refractivity contribution is 7.97. The van der Waals surface area contributed by atoms with Crippen molar-refractivity contribution in [3.63, 3.8) is 0 Å². The first kappa shape index (κ1) is 17.1. The van der Waals surface area contributed by atoms with Gasteiger partial charge < -0.3 is 4.42 Å². The molecule has 1 heterocycles. The molecule has 0 unspecified atom stereocenters. The molecular weight excluding hydrogens is 336 g/mol. The summed E-state index contributed by atoms with van der Waals surface area (Å²) in [7, 11) is 0. The van der Waals surface area contributed by atoms with Crippen LogP contribution in [0.1, 0.15) is 21.7 Å². The van der Waals surface area contributed by atoms with Crippen molar-refractivity contribution < 1.29 is 14.0 Å². The van der Waals surface area contributed by atoms with E-state index >= 15 is 0 Å². The Labute approximate surface area is 149 Å². The first-order valence-electron chi connectivity index (χ1n) is 7.81. The Morgan fingerprint density at radius 2 is 1.72 bits per heavy atom. The number of carbonyl (C=O) groups is 2. The van der Waals surface area contributed by atoms with Crippen LogP contribution >= 0.6 is 11.8 Å². The molecule has 0 saturated carbocycles. The van der Waals surface area contributed by atoms with E-state index in [4.69, 9.17) is 4.42 Å². The van der Waals surface area contributed by atoms with Crippen LogP contribution in [-0.4, -0.2) is 18.1 Å². The summed E-state index contributed by atoms with van der Waals surface area (Å²) in [4.78, 5) is 24.4. The van der Waals surface area contributed by atoms with Crippen molar-refractivity contribution in [1.29, 1.82) is 0 Å². The van der Waals surface area contributed by atoms with E-state index in [1.165, 1.54) is 0 Å². The molecule has 3 aromatic rings. The van der Waals surface area contributed by atoms with Crippen LogP contribution in [0, 0.1) is 0 Å². The van der Waals surface area contributed by atoms with Gasteiger partial charge in [-0.1, -0.05) is 48.5 Å². The Kier molecular flexibility index (Phi) is 5.40. The van der Waals surface area contributed by atoms with Crippen molar-refractivity contribution >= 4 is 34.5 Å². The van der Waals surface area contributed by atoms with Crippen molar-refractivity contribution in [3.05, 3.63) is 71.5 Å². The van der Waals surface area contributed by atoms with Crippen LogP contribution in [0.15, 0.2) is 59.0 Å². The summed E-state index contributed by atoms with van der Waals surface area (Å²) in [6, 6.07) is 16.9. The minimum absolute atomic E-state index is 0.193. The molecule has 0 aliphatic carbocycles. The zero-order chi connectivity index (χ0) is 17.6. The lowest BCUT2D eigenvalue weighted by molar-refractivity contribution is -0.121. The summed E-state index contributed by atoms with van der Waals surface area (Å²) in [6.07, 6.45) is 2.16. The Hall–Kier alpha value is -2.73. The predicted molar refractivity (Wildman–Crippen MR) is 99.2 cm³/mol. The summed E-state index contributed by atoms with van der Waals surface area (Å²) in [5, 5.41) is 0.914. The van der Waals surface area contributed by atoms with Crippen LogP contribution in [0.4, 0.5) is 0 Å². The van der Waals surface area contributed by atoms with Gasteiger partial charge in [-0.05, 0) is 17.9 Å². The van der Waals surface area contributed by atoms with E-state index in [0.29, 0.717) is 11.3 Å². The van der Waals surface area contributed by atoms with E-state index in [1.54, 1.807) is 11.8 Å². The maximum atomic E-state index is 12.4. The van der Waals surface area contributed by atoms with Crippen molar-refractivity contribution in [2.75, 3.05) is 6.26 Å².